The Bertz CT molecular complexity index is 1720. The molecule has 1 aliphatic heterocycles. The number of anilines is 2. The summed E-state index contributed by atoms with van der Waals surface area (Å²) in [6, 6.07) is 19.7. The van der Waals surface area contributed by atoms with Gasteiger partial charge in [0.05, 0.1) is 16.9 Å². The Morgan fingerprint density at radius 3 is 2.35 bits per heavy atom. The van der Waals surface area contributed by atoms with Gasteiger partial charge in [-0.1, -0.05) is 51.1 Å². The van der Waals surface area contributed by atoms with Gasteiger partial charge in [0.2, 0.25) is 0 Å². The fourth-order valence-electron chi connectivity index (χ4n) is 4.33. The zero-order valence-corrected chi connectivity index (χ0v) is 23.7. The monoisotopic (exact) mass is 561 g/mol. The number of nitrogens with one attached hydrogen (secondary N) is 3. The van der Waals surface area contributed by atoms with Crippen LogP contribution in [0.2, 0.25) is 0 Å². The van der Waals surface area contributed by atoms with Crippen LogP contribution in [-0.2, 0) is 27.0 Å². The molecule has 11 nitrogen and oxygen atoms in total. The van der Waals surface area contributed by atoms with Crippen molar-refractivity contribution in [2.45, 2.75) is 52.1 Å². The van der Waals surface area contributed by atoms with Crippen LogP contribution in [0.25, 0.3) is 16.6 Å². The van der Waals surface area contributed by atoms with Gasteiger partial charge in [0.1, 0.15) is 17.2 Å². The van der Waals surface area contributed by atoms with E-state index >= 15 is 0 Å². The zero-order valence-electron chi connectivity index (χ0n) is 22.9. The first kappa shape index (κ1) is 27.3. The molecule has 40 heavy (non-hydrogen) atoms. The Kier molecular flexibility index (Phi) is 6.63. The second-order valence-corrected chi connectivity index (χ2v) is 12.8. The maximum absolute atomic E-state index is 13.0. The zero-order chi connectivity index (χ0) is 28.9. The van der Waals surface area contributed by atoms with E-state index in [2.05, 4.69) is 20.3 Å². The molecule has 0 atom stereocenters. The summed E-state index contributed by atoms with van der Waals surface area (Å²) in [5.41, 5.74) is 1.40. The summed E-state index contributed by atoms with van der Waals surface area (Å²) >= 11 is 0. The van der Waals surface area contributed by atoms with Crippen LogP contribution < -0.4 is 15.4 Å². The number of fused-ring (bicyclic) bond motifs is 1. The van der Waals surface area contributed by atoms with Gasteiger partial charge in [-0.3, -0.25) is 15.4 Å². The average molecular weight is 562 g/mol. The molecule has 0 spiro atoms. The van der Waals surface area contributed by atoms with Gasteiger partial charge in [0.15, 0.2) is 0 Å². The molecule has 3 N–H and O–H groups in total. The van der Waals surface area contributed by atoms with Crippen molar-refractivity contribution in [3.05, 3.63) is 78.0 Å². The van der Waals surface area contributed by atoms with Crippen molar-refractivity contribution < 1.29 is 18.0 Å². The lowest BCUT2D eigenvalue weighted by Gasteiger charge is -2.25. The van der Waals surface area contributed by atoms with Gasteiger partial charge in [-0.25, -0.2) is 19.2 Å². The van der Waals surface area contributed by atoms with Crippen LogP contribution in [0.5, 0.6) is 0 Å². The van der Waals surface area contributed by atoms with Crippen molar-refractivity contribution in [3.8, 4) is 5.69 Å². The van der Waals surface area contributed by atoms with E-state index in [-0.39, 0.29) is 12.0 Å². The topological polar surface area (TPSA) is 138 Å². The maximum Gasteiger partial charge on any atom is 0.326 e. The number of hydrogen-bond acceptors (Lipinski definition) is 6. The van der Waals surface area contributed by atoms with E-state index in [0.717, 1.165) is 20.9 Å². The van der Waals surface area contributed by atoms with Crippen molar-refractivity contribution in [2.75, 3.05) is 10.6 Å². The van der Waals surface area contributed by atoms with Crippen LogP contribution in [0.3, 0.4) is 0 Å². The molecule has 0 radical (unpaired) electrons. The summed E-state index contributed by atoms with van der Waals surface area (Å²) in [4.78, 5) is 29.6. The standard InChI is InChI=1S/C28H31N7O4S/c1-27(2,3)22-16-24(31-26(37)30-23-15-12-19-8-6-7-9-21(19)29-23)35(32-22)20-13-10-18(11-14-20)17-34-28(4,5)25(36)33-40(34,38)39/h6-16H,17H2,1-5H3,(H,33,36)(H2,29,30,31,37). The SMILES string of the molecule is CC(C)(C)c1cc(NC(=O)Nc2ccc3ccccc3n2)n(-c2ccc(CN3C(C)(C)C(=O)NS3(=O)=O)cc2)n1. The first-order chi connectivity index (χ1) is 18.7. The van der Waals surface area contributed by atoms with Crippen LogP contribution in [0.4, 0.5) is 16.4 Å². The first-order valence-electron chi connectivity index (χ1n) is 12.7. The van der Waals surface area contributed by atoms with Gasteiger partial charge in [-0.15, -0.1) is 0 Å². The smallest absolute Gasteiger partial charge is 0.292 e. The van der Waals surface area contributed by atoms with Crippen molar-refractivity contribution >= 4 is 44.7 Å². The Balaban J connectivity index is 1.39. The number of carbonyl (C=O) groups excluding carboxylic acids is 2. The number of urea groups is 1. The molecule has 3 heterocycles. The molecule has 208 valence electrons. The number of nitrogens with zero attached hydrogens (tertiary/aromatic N) is 4. The average Bonchev–Trinajstić information content (AvgIpc) is 3.37. The summed E-state index contributed by atoms with van der Waals surface area (Å²) in [6.45, 7) is 9.23. The lowest BCUT2D eigenvalue weighted by molar-refractivity contribution is -0.125. The molecular weight excluding hydrogens is 530 g/mol. The number of pyridine rings is 1. The lowest BCUT2D eigenvalue weighted by Crippen LogP contribution is -2.43. The highest BCUT2D eigenvalue weighted by molar-refractivity contribution is 7.88. The van der Waals surface area contributed by atoms with E-state index in [4.69, 9.17) is 5.10 Å². The fraction of sp³-hybridized carbons (Fsp3) is 0.286. The van der Waals surface area contributed by atoms with Gasteiger partial charge >= 0.3 is 16.2 Å². The lowest BCUT2D eigenvalue weighted by atomic mass is 9.92. The van der Waals surface area contributed by atoms with E-state index in [9.17, 15) is 18.0 Å². The summed E-state index contributed by atoms with van der Waals surface area (Å²) in [7, 11) is -3.92. The highest BCUT2D eigenvalue weighted by atomic mass is 32.2. The first-order valence-corrected chi connectivity index (χ1v) is 14.2. The van der Waals surface area contributed by atoms with E-state index in [1.54, 1.807) is 48.9 Å². The number of carbonyl (C=O) groups is 2. The molecule has 0 bridgehead atoms. The molecule has 0 unspecified atom stereocenters. The van der Waals surface area contributed by atoms with E-state index in [1.165, 1.54) is 0 Å². The van der Waals surface area contributed by atoms with Gasteiger partial charge in [0, 0.05) is 23.4 Å². The Morgan fingerprint density at radius 2 is 1.70 bits per heavy atom. The molecule has 12 heteroatoms. The molecule has 1 fully saturated rings. The highest BCUT2D eigenvalue weighted by Gasteiger charge is 2.50. The van der Waals surface area contributed by atoms with Crippen LogP contribution in [-0.4, -0.2) is 45.0 Å². The molecule has 0 saturated carbocycles. The van der Waals surface area contributed by atoms with Crippen molar-refractivity contribution in [3.63, 3.8) is 0 Å². The third-order valence-electron chi connectivity index (χ3n) is 6.76. The Labute approximate surface area is 232 Å². The number of amides is 3. The van der Waals surface area contributed by atoms with E-state index in [0.29, 0.717) is 22.9 Å². The quantitative estimate of drug-likeness (QED) is 0.332. The number of para-hydroxylation sites is 1. The van der Waals surface area contributed by atoms with Crippen LogP contribution in [0.15, 0.2) is 66.7 Å². The molecule has 2 aromatic heterocycles. The highest BCUT2D eigenvalue weighted by Crippen LogP contribution is 2.29. The largest absolute Gasteiger partial charge is 0.326 e. The third-order valence-corrected chi connectivity index (χ3v) is 8.37. The van der Waals surface area contributed by atoms with Crippen LogP contribution >= 0.6 is 0 Å². The van der Waals surface area contributed by atoms with Crippen molar-refractivity contribution in [1.82, 2.24) is 23.8 Å². The minimum atomic E-state index is -3.92. The molecule has 4 aromatic rings. The summed E-state index contributed by atoms with van der Waals surface area (Å²) in [6.07, 6.45) is 0. The van der Waals surface area contributed by atoms with Crippen LogP contribution in [0.1, 0.15) is 45.9 Å². The summed E-state index contributed by atoms with van der Waals surface area (Å²) in [5.74, 6) is 0.299. The van der Waals surface area contributed by atoms with E-state index in [1.807, 2.05) is 57.2 Å². The molecule has 1 saturated heterocycles. The van der Waals surface area contributed by atoms with Crippen molar-refractivity contribution in [2.24, 2.45) is 0 Å². The fourth-order valence-corrected chi connectivity index (χ4v) is 5.93. The molecule has 1 aliphatic rings. The van der Waals surface area contributed by atoms with E-state index < -0.39 is 27.7 Å². The summed E-state index contributed by atoms with van der Waals surface area (Å²) in [5, 5.41) is 11.4. The van der Waals surface area contributed by atoms with Crippen LogP contribution in [0, 0.1) is 0 Å². The third kappa shape index (κ3) is 5.27. The second-order valence-electron chi connectivity index (χ2n) is 11.2. The molecule has 0 aliphatic carbocycles. The second kappa shape index (κ2) is 9.72. The van der Waals surface area contributed by atoms with Crippen molar-refractivity contribution in [1.29, 1.82) is 0 Å². The Morgan fingerprint density at radius 1 is 1.00 bits per heavy atom. The number of aromatic nitrogens is 3. The number of benzene rings is 2. The summed E-state index contributed by atoms with van der Waals surface area (Å²) < 4.78 is 29.7. The number of hydrogen-bond donors (Lipinski definition) is 3. The predicted octanol–water partition coefficient (Wildman–Crippen LogP) is 4.32. The predicted molar refractivity (Wildman–Crippen MR) is 153 cm³/mol. The van der Waals surface area contributed by atoms with Gasteiger partial charge in [-0.2, -0.15) is 17.8 Å². The normalized spacial score (nSPS) is 16.6. The Hall–Kier alpha value is -4.29. The van der Waals surface area contributed by atoms with Gasteiger partial charge in [-0.05, 0) is 49.7 Å². The minimum absolute atomic E-state index is 0.0208. The maximum atomic E-state index is 13.0. The minimum Gasteiger partial charge on any atom is -0.292 e. The molecular formula is C28H31N7O4S. The van der Waals surface area contributed by atoms with Gasteiger partial charge < -0.3 is 0 Å². The molecule has 2 aromatic carbocycles. The molecule has 3 amide bonds. The number of rotatable bonds is 5. The molecule has 5 rings (SSSR count). The van der Waals surface area contributed by atoms with Gasteiger partial charge in [0.25, 0.3) is 5.91 Å².